The van der Waals surface area contributed by atoms with Gasteiger partial charge in [0.2, 0.25) is 5.91 Å². The molecule has 0 unspecified atom stereocenters. The Hall–Kier alpha value is -1.51. The van der Waals surface area contributed by atoms with E-state index in [4.69, 9.17) is 4.74 Å². The van der Waals surface area contributed by atoms with Crippen LogP contribution in [-0.4, -0.2) is 30.9 Å². The van der Waals surface area contributed by atoms with Gasteiger partial charge in [0.25, 0.3) is 0 Å². The van der Waals surface area contributed by atoms with Gasteiger partial charge in [-0.05, 0) is 29.7 Å². The minimum Gasteiger partial charge on any atom is -0.381 e. The first kappa shape index (κ1) is 14.4. The lowest BCUT2D eigenvalue weighted by Gasteiger charge is -2.26. The van der Waals surface area contributed by atoms with Crippen LogP contribution in [0.4, 0.5) is 0 Å². The van der Waals surface area contributed by atoms with Crippen molar-refractivity contribution in [2.24, 2.45) is 5.92 Å². The number of thioether (sulfide) groups is 1. The number of nitrogens with zero attached hydrogens (tertiary/aromatic N) is 1. The van der Waals surface area contributed by atoms with E-state index < -0.39 is 6.04 Å². The molecular formula is C16H18N2O2S. The zero-order valence-electron chi connectivity index (χ0n) is 11.7. The van der Waals surface area contributed by atoms with Crippen molar-refractivity contribution in [3.63, 3.8) is 0 Å². The van der Waals surface area contributed by atoms with Crippen LogP contribution in [0.1, 0.15) is 22.8 Å². The Labute approximate surface area is 128 Å². The Balaban J connectivity index is 1.72. The molecular weight excluding hydrogens is 284 g/mol. The number of ether oxygens (including phenoxy) is 1. The molecule has 21 heavy (non-hydrogen) atoms. The summed E-state index contributed by atoms with van der Waals surface area (Å²) in [6.45, 7) is 1.24. The van der Waals surface area contributed by atoms with Crippen molar-refractivity contribution < 1.29 is 9.53 Å². The molecule has 3 rings (SSSR count). The van der Waals surface area contributed by atoms with Gasteiger partial charge >= 0.3 is 0 Å². The zero-order chi connectivity index (χ0) is 14.7. The molecule has 1 aromatic carbocycles. The maximum absolute atomic E-state index is 12.6. The van der Waals surface area contributed by atoms with Crippen molar-refractivity contribution >= 4 is 17.7 Å². The van der Waals surface area contributed by atoms with Gasteiger partial charge in [0.1, 0.15) is 11.3 Å². The van der Waals surface area contributed by atoms with E-state index in [1.165, 1.54) is 5.56 Å². The Morgan fingerprint density at radius 3 is 3.10 bits per heavy atom. The lowest BCUT2D eigenvalue weighted by Crippen LogP contribution is -2.42. The first-order chi connectivity index (χ1) is 10.3. The summed E-state index contributed by atoms with van der Waals surface area (Å²) in [5.74, 6) is 1.01. The highest BCUT2D eigenvalue weighted by atomic mass is 32.2. The summed E-state index contributed by atoms with van der Waals surface area (Å²) in [5.41, 5.74) is 2.33. The number of nitrogens with one attached hydrogen (secondary N) is 1. The van der Waals surface area contributed by atoms with E-state index in [0.29, 0.717) is 13.2 Å². The Morgan fingerprint density at radius 1 is 1.48 bits per heavy atom. The maximum Gasteiger partial charge on any atom is 0.238 e. The molecule has 1 aromatic rings. The van der Waals surface area contributed by atoms with Gasteiger partial charge in [-0.15, -0.1) is 11.8 Å². The van der Waals surface area contributed by atoms with Gasteiger partial charge in [0.15, 0.2) is 0 Å². The zero-order valence-corrected chi connectivity index (χ0v) is 12.6. The number of nitriles is 1. The second-order valence-electron chi connectivity index (χ2n) is 5.44. The van der Waals surface area contributed by atoms with Crippen LogP contribution in [0.2, 0.25) is 0 Å². The summed E-state index contributed by atoms with van der Waals surface area (Å²) in [4.78, 5) is 12.6. The van der Waals surface area contributed by atoms with Gasteiger partial charge in [-0.2, -0.15) is 5.26 Å². The largest absolute Gasteiger partial charge is 0.381 e. The molecule has 0 bridgehead atoms. The first-order valence-corrected chi connectivity index (χ1v) is 8.31. The molecule has 1 amide bonds. The van der Waals surface area contributed by atoms with Crippen LogP contribution in [0.3, 0.4) is 0 Å². The number of carbonyl (C=O) groups excluding carboxylic acids is 1. The average molecular weight is 302 g/mol. The Kier molecular flexibility index (Phi) is 4.47. The Morgan fingerprint density at radius 2 is 2.33 bits per heavy atom. The fourth-order valence-electron chi connectivity index (χ4n) is 2.91. The topological polar surface area (TPSA) is 62.1 Å². The predicted molar refractivity (Wildman–Crippen MR) is 81.8 cm³/mol. The molecule has 1 N–H and O–H groups in total. The fraction of sp³-hybridized carbons (Fsp3) is 0.500. The summed E-state index contributed by atoms with van der Waals surface area (Å²) >= 11 is 1.66. The standard InChI is InChI=1S/C16H18N2O2S/c17-9-14(12-5-7-20-10-12)18-16(19)15-13-4-2-1-3-11(13)6-8-21-15/h1-4,12,14-15H,5-8,10H2,(H,18,19)/t12-,14-,15+/m0/s1. The molecule has 0 saturated carbocycles. The third kappa shape index (κ3) is 3.07. The highest BCUT2D eigenvalue weighted by molar-refractivity contribution is 8.00. The van der Waals surface area contributed by atoms with Crippen LogP contribution < -0.4 is 5.32 Å². The van der Waals surface area contributed by atoms with Gasteiger partial charge < -0.3 is 10.1 Å². The second-order valence-corrected chi connectivity index (χ2v) is 6.65. The number of hydrogen-bond acceptors (Lipinski definition) is 4. The van der Waals surface area contributed by atoms with E-state index >= 15 is 0 Å². The molecule has 0 spiro atoms. The molecule has 2 aliphatic rings. The smallest absolute Gasteiger partial charge is 0.238 e. The predicted octanol–water partition coefficient (Wildman–Crippen LogP) is 2.06. The minimum absolute atomic E-state index is 0.0504. The van der Waals surface area contributed by atoms with Crippen LogP contribution >= 0.6 is 11.8 Å². The highest BCUT2D eigenvalue weighted by Crippen LogP contribution is 2.37. The third-order valence-corrected chi connectivity index (χ3v) is 5.35. The van der Waals surface area contributed by atoms with Crippen LogP contribution in [0.5, 0.6) is 0 Å². The number of benzene rings is 1. The van der Waals surface area contributed by atoms with E-state index in [-0.39, 0.29) is 17.1 Å². The Bertz CT molecular complexity index is 564. The summed E-state index contributed by atoms with van der Waals surface area (Å²) in [6, 6.07) is 9.85. The number of rotatable bonds is 3. The molecule has 110 valence electrons. The first-order valence-electron chi connectivity index (χ1n) is 7.26. The highest BCUT2D eigenvalue weighted by Gasteiger charge is 2.32. The second kappa shape index (κ2) is 6.50. The maximum atomic E-state index is 12.6. The molecule has 2 heterocycles. The monoisotopic (exact) mass is 302 g/mol. The van der Waals surface area contributed by atoms with Crippen molar-refractivity contribution in [3.8, 4) is 6.07 Å². The summed E-state index contributed by atoms with van der Waals surface area (Å²) in [5, 5.41) is 12.0. The molecule has 0 aliphatic carbocycles. The van der Waals surface area contributed by atoms with Crippen LogP contribution in [0, 0.1) is 17.2 Å². The van der Waals surface area contributed by atoms with Gasteiger partial charge in [-0.3, -0.25) is 4.79 Å². The van der Waals surface area contributed by atoms with E-state index in [9.17, 15) is 10.1 Å². The van der Waals surface area contributed by atoms with Crippen molar-refractivity contribution in [2.45, 2.75) is 24.1 Å². The summed E-state index contributed by atoms with van der Waals surface area (Å²) in [7, 11) is 0. The van der Waals surface area contributed by atoms with Crippen molar-refractivity contribution in [1.82, 2.24) is 5.32 Å². The SMILES string of the molecule is N#C[C@H](NC(=O)[C@@H]1SCCc2ccccc21)[C@H]1CCOC1. The number of carbonyl (C=O) groups is 1. The fourth-order valence-corrected chi connectivity index (χ4v) is 4.11. The molecule has 2 aliphatic heterocycles. The number of fused-ring (bicyclic) bond motifs is 1. The normalized spacial score (nSPS) is 25.7. The molecule has 5 heteroatoms. The van der Waals surface area contributed by atoms with Gasteiger partial charge in [0, 0.05) is 12.5 Å². The average Bonchev–Trinajstić information content (AvgIpc) is 3.06. The molecule has 4 nitrogen and oxygen atoms in total. The van der Waals surface area contributed by atoms with Gasteiger partial charge in [-0.1, -0.05) is 24.3 Å². The van der Waals surface area contributed by atoms with Crippen molar-refractivity contribution in [2.75, 3.05) is 19.0 Å². The lowest BCUT2D eigenvalue weighted by atomic mass is 9.98. The number of aryl methyl sites for hydroxylation is 1. The molecule has 0 aromatic heterocycles. The number of hydrogen-bond donors (Lipinski definition) is 1. The summed E-state index contributed by atoms with van der Waals surface area (Å²) in [6.07, 6.45) is 1.84. The third-order valence-electron chi connectivity index (χ3n) is 4.10. The van der Waals surface area contributed by atoms with Crippen molar-refractivity contribution in [1.29, 1.82) is 5.26 Å². The molecule has 1 saturated heterocycles. The molecule has 3 atom stereocenters. The van der Waals surface area contributed by atoms with Crippen LogP contribution in [-0.2, 0) is 16.0 Å². The van der Waals surface area contributed by atoms with E-state index in [1.807, 2.05) is 18.2 Å². The van der Waals surface area contributed by atoms with Crippen molar-refractivity contribution in [3.05, 3.63) is 35.4 Å². The van der Waals surface area contributed by atoms with Crippen LogP contribution in [0.15, 0.2) is 24.3 Å². The van der Waals surface area contributed by atoms with Gasteiger partial charge in [0.05, 0.1) is 12.7 Å². The van der Waals surface area contributed by atoms with E-state index in [1.54, 1.807) is 11.8 Å². The van der Waals surface area contributed by atoms with E-state index in [2.05, 4.69) is 17.5 Å². The molecule has 1 fully saturated rings. The quantitative estimate of drug-likeness (QED) is 0.928. The lowest BCUT2D eigenvalue weighted by molar-refractivity contribution is -0.121. The molecule has 0 radical (unpaired) electrons. The van der Waals surface area contributed by atoms with E-state index in [0.717, 1.165) is 24.2 Å². The number of amides is 1. The van der Waals surface area contributed by atoms with Crippen LogP contribution in [0.25, 0.3) is 0 Å². The van der Waals surface area contributed by atoms with Gasteiger partial charge in [-0.25, -0.2) is 0 Å². The minimum atomic E-state index is -0.449. The summed E-state index contributed by atoms with van der Waals surface area (Å²) < 4.78 is 5.32.